The molecule has 1 aromatic carbocycles. The number of aryl methyl sites for hydroxylation is 1. The molecule has 3 heterocycles. The van der Waals surface area contributed by atoms with E-state index in [1.807, 2.05) is 25.1 Å². The zero-order valence-corrected chi connectivity index (χ0v) is 19.1. The maximum atomic E-state index is 13.3. The average molecular weight is 435 g/mol. The van der Waals surface area contributed by atoms with Gasteiger partial charge in [-0.25, -0.2) is 9.69 Å². The Morgan fingerprint density at radius 2 is 1.88 bits per heavy atom. The van der Waals surface area contributed by atoms with Crippen molar-refractivity contribution >= 4 is 17.8 Å². The molecular weight excluding hydrogens is 404 g/mol. The smallest absolute Gasteiger partial charge is 0.325 e. The van der Waals surface area contributed by atoms with Gasteiger partial charge in [0.15, 0.2) is 0 Å². The van der Waals surface area contributed by atoms with Gasteiger partial charge in [0.2, 0.25) is 5.91 Å². The van der Waals surface area contributed by atoms with Crippen LogP contribution in [0.4, 0.5) is 4.79 Å². The van der Waals surface area contributed by atoms with Crippen LogP contribution in [0.25, 0.3) is 11.1 Å². The summed E-state index contributed by atoms with van der Waals surface area (Å²) < 4.78 is 0. The molecule has 0 radical (unpaired) electrons. The maximum Gasteiger partial charge on any atom is 0.325 e. The first-order chi connectivity index (χ1) is 15.2. The largest absolute Gasteiger partial charge is 0.340 e. The fourth-order valence-electron chi connectivity index (χ4n) is 4.62. The first-order valence-corrected chi connectivity index (χ1v) is 11.2. The van der Waals surface area contributed by atoms with Crippen molar-refractivity contribution in [1.82, 2.24) is 20.1 Å². The minimum absolute atomic E-state index is 0.113. The van der Waals surface area contributed by atoms with Gasteiger partial charge in [-0.1, -0.05) is 30.3 Å². The Balaban J connectivity index is 1.53. The van der Waals surface area contributed by atoms with E-state index in [9.17, 15) is 14.4 Å². The Morgan fingerprint density at radius 3 is 2.53 bits per heavy atom. The van der Waals surface area contributed by atoms with Crippen LogP contribution in [0.15, 0.2) is 42.5 Å². The lowest BCUT2D eigenvalue weighted by molar-refractivity contribution is -0.143. The highest BCUT2D eigenvalue weighted by Crippen LogP contribution is 2.30. The van der Waals surface area contributed by atoms with Crippen molar-refractivity contribution in [2.24, 2.45) is 0 Å². The van der Waals surface area contributed by atoms with Crippen molar-refractivity contribution in [3.05, 3.63) is 53.9 Å². The number of aromatic nitrogens is 1. The van der Waals surface area contributed by atoms with Gasteiger partial charge in [-0.3, -0.25) is 14.6 Å². The second-order valence-corrected chi connectivity index (χ2v) is 9.32. The minimum Gasteiger partial charge on any atom is -0.340 e. The molecule has 2 aromatic rings. The number of nitrogens with zero attached hydrogens (tertiary/aromatic N) is 3. The molecule has 4 rings (SSSR count). The van der Waals surface area contributed by atoms with E-state index in [0.717, 1.165) is 40.3 Å². The molecule has 0 spiro atoms. The van der Waals surface area contributed by atoms with E-state index in [1.165, 1.54) is 0 Å². The van der Waals surface area contributed by atoms with Gasteiger partial charge in [-0.2, -0.15) is 0 Å². The summed E-state index contributed by atoms with van der Waals surface area (Å²) in [6.45, 7) is 8.06. The number of hydrogen-bond donors (Lipinski definition) is 1. The summed E-state index contributed by atoms with van der Waals surface area (Å²) in [7, 11) is 0. The van der Waals surface area contributed by atoms with Crippen molar-refractivity contribution in [3.8, 4) is 11.1 Å². The molecule has 7 nitrogen and oxygen atoms in total. The number of benzene rings is 1. The number of imide groups is 1. The lowest BCUT2D eigenvalue weighted by atomic mass is 9.92. The lowest BCUT2D eigenvalue weighted by Gasteiger charge is -2.35. The molecule has 0 bridgehead atoms. The molecule has 168 valence electrons. The van der Waals surface area contributed by atoms with Gasteiger partial charge in [0.1, 0.15) is 11.6 Å². The number of hydrogen-bond acceptors (Lipinski definition) is 4. The average Bonchev–Trinajstić information content (AvgIpc) is 2.99. The summed E-state index contributed by atoms with van der Waals surface area (Å²) in [4.78, 5) is 45.8. The molecule has 2 saturated heterocycles. The maximum absolute atomic E-state index is 13.3. The number of carbonyl (C=O) groups is 3. The van der Waals surface area contributed by atoms with Crippen LogP contribution in [0.5, 0.6) is 0 Å². The van der Waals surface area contributed by atoms with Gasteiger partial charge in [-0.05, 0) is 63.8 Å². The van der Waals surface area contributed by atoms with Crippen molar-refractivity contribution in [3.63, 3.8) is 0 Å². The Kier molecular flexibility index (Phi) is 5.75. The standard InChI is InChI=1S/C25H30N4O3/c1-16-13-20(18-9-6-5-7-10-18)14-21(26-16)19-11-8-12-28(15-19)22(30)17(2)29-23(31)25(3,4)27-24(29)32/h5-7,9-10,13-14,17,19H,8,11-12,15H2,1-4H3,(H,27,32). The molecule has 0 saturated carbocycles. The normalized spacial score (nSPS) is 21.4. The molecule has 0 aliphatic carbocycles. The van der Waals surface area contributed by atoms with Crippen LogP contribution in [0.3, 0.4) is 0 Å². The van der Waals surface area contributed by atoms with E-state index >= 15 is 0 Å². The number of nitrogens with one attached hydrogen (secondary N) is 1. The number of rotatable bonds is 4. The summed E-state index contributed by atoms with van der Waals surface area (Å²) in [6.07, 6.45) is 1.80. The molecule has 32 heavy (non-hydrogen) atoms. The summed E-state index contributed by atoms with van der Waals surface area (Å²) in [5.41, 5.74) is 3.18. The van der Waals surface area contributed by atoms with Gasteiger partial charge in [0.05, 0.1) is 0 Å². The van der Waals surface area contributed by atoms with Gasteiger partial charge in [-0.15, -0.1) is 0 Å². The SMILES string of the molecule is Cc1cc(-c2ccccc2)cc(C2CCCN(C(=O)C(C)N3C(=O)NC(C)(C)C3=O)C2)n1. The molecule has 2 atom stereocenters. The van der Waals surface area contributed by atoms with Crippen LogP contribution in [0.2, 0.25) is 0 Å². The Labute approximate surface area is 188 Å². The number of likely N-dealkylation sites (tertiary alicyclic amines) is 1. The molecule has 7 heteroatoms. The van der Waals surface area contributed by atoms with E-state index in [2.05, 4.69) is 29.6 Å². The van der Waals surface area contributed by atoms with E-state index in [1.54, 1.807) is 25.7 Å². The first-order valence-electron chi connectivity index (χ1n) is 11.2. The van der Waals surface area contributed by atoms with Crippen molar-refractivity contribution < 1.29 is 14.4 Å². The van der Waals surface area contributed by atoms with Crippen LogP contribution >= 0.6 is 0 Å². The van der Waals surface area contributed by atoms with Gasteiger partial charge >= 0.3 is 6.03 Å². The first kappa shape index (κ1) is 22.0. The summed E-state index contributed by atoms with van der Waals surface area (Å²) in [6, 6.07) is 13.0. The minimum atomic E-state index is -0.991. The summed E-state index contributed by atoms with van der Waals surface area (Å²) in [5, 5.41) is 2.65. The summed E-state index contributed by atoms with van der Waals surface area (Å²) >= 11 is 0. The van der Waals surface area contributed by atoms with E-state index < -0.39 is 17.6 Å². The third-order valence-corrected chi connectivity index (χ3v) is 6.37. The molecule has 2 fully saturated rings. The molecule has 1 aromatic heterocycles. The van der Waals surface area contributed by atoms with Crippen LogP contribution in [-0.2, 0) is 9.59 Å². The van der Waals surface area contributed by atoms with Crippen LogP contribution in [0.1, 0.15) is 50.9 Å². The Hall–Kier alpha value is -3.22. The number of amides is 4. The second kappa shape index (κ2) is 8.37. The highest BCUT2D eigenvalue weighted by molar-refractivity contribution is 6.09. The highest BCUT2D eigenvalue weighted by atomic mass is 16.2. The zero-order chi connectivity index (χ0) is 23.0. The van der Waals surface area contributed by atoms with Crippen LogP contribution in [-0.4, -0.2) is 57.3 Å². The third kappa shape index (κ3) is 4.11. The molecular formula is C25H30N4O3. The number of urea groups is 1. The van der Waals surface area contributed by atoms with Crippen molar-refractivity contribution in [1.29, 1.82) is 0 Å². The topological polar surface area (TPSA) is 82.6 Å². The fourth-order valence-corrected chi connectivity index (χ4v) is 4.62. The van der Waals surface area contributed by atoms with Crippen LogP contribution in [0, 0.1) is 6.92 Å². The molecule has 2 aliphatic heterocycles. The quantitative estimate of drug-likeness (QED) is 0.747. The van der Waals surface area contributed by atoms with Crippen molar-refractivity contribution in [2.45, 2.75) is 58.0 Å². The fraction of sp³-hybridized carbons (Fsp3) is 0.440. The molecule has 1 N–H and O–H groups in total. The second-order valence-electron chi connectivity index (χ2n) is 9.32. The molecule has 2 aliphatic rings. The van der Waals surface area contributed by atoms with E-state index in [4.69, 9.17) is 4.98 Å². The van der Waals surface area contributed by atoms with E-state index in [0.29, 0.717) is 13.1 Å². The number of carbonyl (C=O) groups excluding carboxylic acids is 3. The summed E-state index contributed by atoms with van der Waals surface area (Å²) in [5.74, 6) is -0.460. The predicted octanol–water partition coefficient (Wildman–Crippen LogP) is 3.48. The van der Waals surface area contributed by atoms with Gasteiger partial charge in [0, 0.05) is 30.4 Å². The predicted molar refractivity (Wildman–Crippen MR) is 122 cm³/mol. The molecule has 4 amide bonds. The number of pyridine rings is 1. The third-order valence-electron chi connectivity index (χ3n) is 6.37. The van der Waals surface area contributed by atoms with Gasteiger partial charge in [0.25, 0.3) is 5.91 Å². The zero-order valence-electron chi connectivity index (χ0n) is 19.1. The number of piperidine rings is 1. The Bertz CT molecular complexity index is 1050. The highest BCUT2D eigenvalue weighted by Gasteiger charge is 2.48. The van der Waals surface area contributed by atoms with Gasteiger partial charge < -0.3 is 10.2 Å². The lowest BCUT2D eigenvalue weighted by Crippen LogP contribution is -2.52. The Morgan fingerprint density at radius 1 is 1.16 bits per heavy atom. The monoisotopic (exact) mass is 434 g/mol. The molecule has 2 unspecified atom stereocenters. The van der Waals surface area contributed by atoms with Crippen LogP contribution < -0.4 is 5.32 Å². The van der Waals surface area contributed by atoms with E-state index in [-0.39, 0.29) is 17.7 Å². The van der Waals surface area contributed by atoms with Crippen molar-refractivity contribution in [2.75, 3.05) is 13.1 Å².